The van der Waals surface area contributed by atoms with Crippen LogP contribution in [0.4, 0.5) is 5.69 Å². The highest BCUT2D eigenvalue weighted by Gasteiger charge is 2.25. The SMILES string of the molecule is N[C@H]1Cc2ccccc2N[C@H]1c1ccccc1. The minimum atomic E-state index is 0.132. The van der Waals surface area contributed by atoms with Gasteiger partial charge in [-0.2, -0.15) is 0 Å². The van der Waals surface area contributed by atoms with Crippen molar-refractivity contribution in [3.8, 4) is 0 Å². The smallest absolute Gasteiger partial charge is 0.0668 e. The van der Waals surface area contributed by atoms with Crippen LogP contribution >= 0.6 is 0 Å². The molecule has 0 aliphatic carbocycles. The van der Waals surface area contributed by atoms with E-state index < -0.39 is 0 Å². The summed E-state index contributed by atoms with van der Waals surface area (Å²) in [7, 11) is 0. The first-order valence-electron chi connectivity index (χ1n) is 5.99. The molecule has 1 heterocycles. The summed E-state index contributed by atoms with van der Waals surface area (Å²) in [5.74, 6) is 0. The van der Waals surface area contributed by atoms with Crippen molar-refractivity contribution in [3.05, 3.63) is 65.7 Å². The Morgan fingerprint density at radius 3 is 2.47 bits per heavy atom. The number of rotatable bonds is 1. The first-order chi connectivity index (χ1) is 8.34. The van der Waals surface area contributed by atoms with Crippen LogP contribution in [0.1, 0.15) is 17.2 Å². The van der Waals surface area contributed by atoms with E-state index in [4.69, 9.17) is 5.73 Å². The van der Waals surface area contributed by atoms with Gasteiger partial charge in [-0.15, -0.1) is 0 Å². The van der Waals surface area contributed by atoms with E-state index in [1.807, 2.05) is 6.07 Å². The first kappa shape index (κ1) is 10.4. The van der Waals surface area contributed by atoms with Crippen LogP contribution in [0.3, 0.4) is 0 Å². The zero-order valence-electron chi connectivity index (χ0n) is 9.64. The molecule has 2 aromatic carbocycles. The van der Waals surface area contributed by atoms with E-state index in [9.17, 15) is 0 Å². The Morgan fingerprint density at radius 1 is 0.941 bits per heavy atom. The lowest BCUT2D eigenvalue weighted by molar-refractivity contribution is 0.556. The number of benzene rings is 2. The number of nitrogens with two attached hydrogens (primary N) is 1. The van der Waals surface area contributed by atoms with Crippen molar-refractivity contribution in [2.45, 2.75) is 18.5 Å². The molecule has 1 aliphatic heterocycles. The molecule has 17 heavy (non-hydrogen) atoms. The average molecular weight is 224 g/mol. The molecule has 1 aliphatic rings. The molecule has 2 nitrogen and oxygen atoms in total. The molecule has 0 fully saturated rings. The van der Waals surface area contributed by atoms with Crippen LogP contribution in [-0.4, -0.2) is 6.04 Å². The molecule has 0 bridgehead atoms. The van der Waals surface area contributed by atoms with E-state index >= 15 is 0 Å². The molecular formula is C15H16N2. The molecule has 2 aromatic rings. The standard InChI is InChI=1S/C15H16N2/c16-13-10-12-8-4-5-9-14(12)17-15(13)11-6-2-1-3-7-11/h1-9,13,15,17H,10,16H2/t13-,15-/m0/s1. The fourth-order valence-corrected chi connectivity index (χ4v) is 2.48. The molecule has 0 saturated heterocycles. The van der Waals surface area contributed by atoms with Gasteiger partial charge in [-0.1, -0.05) is 48.5 Å². The van der Waals surface area contributed by atoms with E-state index in [-0.39, 0.29) is 12.1 Å². The number of nitrogens with one attached hydrogen (secondary N) is 1. The van der Waals surface area contributed by atoms with Crippen LogP contribution in [0, 0.1) is 0 Å². The largest absolute Gasteiger partial charge is 0.376 e. The van der Waals surface area contributed by atoms with Gasteiger partial charge in [0, 0.05) is 11.7 Å². The van der Waals surface area contributed by atoms with Gasteiger partial charge in [0.15, 0.2) is 0 Å². The van der Waals surface area contributed by atoms with Crippen LogP contribution in [0.5, 0.6) is 0 Å². The van der Waals surface area contributed by atoms with Gasteiger partial charge in [0.25, 0.3) is 0 Å². The summed E-state index contributed by atoms with van der Waals surface area (Å²) in [5.41, 5.74) is 10.0. The van der Waals surface area contributed by atoms with Gasteiger partial charge in [0.2, 0.25) is 0 Å². The molecule has 2 heteroatoms. The lowest BCUT2D eigenvalue weighted by atomic mass is 9.89. The quantitative estimate of drug-likeness (QED) is 0.781. The normalized spacial score (nSPS) is 22.6. The molecule has 0 radical (unpaired) electrons. The number of anilines is 1. The average Bonchev–Trinajstić information content (AvgIpc) is 2.39. The summed E-state index contributed by atoms with van der Waals surface area (Å²) >= 11 is 0. The van der Waals surface area contributed by atoms with Crippen molar-refractivity contribution in [2.75, 3.05) is 5.32 Å². The van der Waals surface area contributed by atoms with Crippen LogP contribution in [0.2, 0.25) is 0 Å². The minimum Gasteiger partial charge on any atom is -0.376 e. The lowest BCUT2D eigenvalue weighted by Gasteiger charge is -2.32. The number of hydrogen-bond donors (Lipinski definition) is 2. The van der Waals surface area contributed by atoms with Crippen LogP contribution in [0.25, 0.3) is 0 Å². The zero-order chi connectivity index (χ0) is 11.7. The topological polar surface area (TPSA) is 38.0 Å². The predicted octanol–water partition coefficient (Wildman–Crippen LogP) is 2.72. The Labute approximate surface area is 101 Å². The first-order valence-corrected chi connectivity index (χ1v) is 5.99. The van der Waals surface area contributed by atoms with Gasteiger partial charge in [0.05, 0.1) is 6.04 Å². The maximum absolute atomic E-state index is 6.26. The van der Waals surface area contributed by atoms with E-state index in [0.717, 1.165) is 6.42 Å². The third-order valence-electron chi connectivity index (χ3n) is 3.37. The molecule has 2 atom stereocenters. The fraction of sp³-hybridized carbons (Fsp3) is 0.200. The predicted molar refractivity (Wildman–Crippen MR) is 70.9 cm³/mol. The van der Waals surface area contributed by atoms with Gasteiger partial charge < -0.3 is 11.1 Å². The van der Waals surface area contributed by atoms with Crippen molar-refractivity contribution < 1.29 is 0 Å². The highest BCUT2D eigenvalue weighted by molar-refractivity contribution is 5.56. The van der Waals surface area contributed by atoms with Gasteiger partial charge in [-0.25, -0.2) is 0 Å². The molecule has 86 valence electrons. The Bertz CT molecular complexity index is 507. The Balaban J connectivity index is 1.95. The van der Waals surface area contributed by atoms with Crippen molar-refractivity contribution in [1.82, 2.24) is 0 Å². The van der Waals surface area contributed by atoms with E-state index in [1.165, 1.54) is 16.8 Å². The zero-order valence-corrected chi connectivity index (χ0v) is 9.64. The second kappa shape index (κ2) is 4.22. The molecule has 0 spiro atoms. The lowest BCUT2D eigenvalue weighted by Crippen LogP contribution is -2.38. The third kappa shape index (κ3) is 1.92. The van der Waals surface area contributed by atoms with Crippen molar-refractivity contribution >= 4 is 5.69 Å². The second-order valence-electron chi connectivity index (χ2n) is 4.56. The van der Waals surface area contributed by atoms with Crippen molar-refractivity contribution in [2.24, 2.45) is 5.73 Å². The number of hydrogen-bond acceptors (Lipinski definition) is 2. The minimum absolute atomic E-state index is 0.132. The summed E-state index contributed by atoms with van der Waals surface area (Å²) in [6.45, 7) is 0. The van der Waals surface area contributed by atoms with Gasteiger partial charge in [0.1, 0.15) is 0 Å². The van der Waals surface area contributed by atoms with Gasteiger partial charge in [-0.3, -0.25) is 0 Å². The molecule has 0 aromatic heterocycles. The van der Waals surface area contributed by atoms with Crippen molar-refractivity contribution in [1.29, 1.82) is 0 Å². The molecule has 3 N–H and O–H groups in total. The van der Waals surface area contributed by atoms with Crippen molar-refractivity contribution in [3.63, 3.8) is 0 Å². The highest BCUT2D eigenvalue weighted by Crippen LogP contribution is 2.31. The second-order valence-corrected chi connectivity index (χ2v) is 4.56. The maximum atomic E-state index is 6.26. The van der Waals surface area contributed by atoms with Gasteiger partial charge >= 0.3 is 0 Å². The Kier molecular flexibility index (Phi) is 2.57. The molecule has 0 unspecified atom stereocenters. The highest BCUT2D eigenvalue weighted by atomic mass is 15.0. The molecule has 0 saturated carbocycles. The molecule has 3 rings (SSSR count). The molecule has 0 amide bonds. The summed E-state index contributed by atoms with van der Waals surface area (Å²) in [5, 5.41) is 3.54. The van der Waals surface area contributed by atoms with Crippen LogP contribution in [-0.2, 0) is 6.42 Å². The maximum Gasteiger partial charge on any atom is 0.0668 e. The Morgan fingerprint density at radius 2 is 1.65 bits per heavy atom. The summed E-state index contributed by atoms with van der Waals surface area (Å²) < 4.78 is 0. The van der Waals surface area contributed by atoms with Crippen LogP contribution in [0.15, 0.2) is 54.6 Å². The third-order valence-corrected chi connectivity index (χ3v) is 3.37. The fourth-order valence-electron chi connectivity index (χ4n) is 2.48. The summed E-state index contributed by atoms with van der Waals surface area (Å²) in [6, 6.07) is 19.1. The van der Waals surface area contributed by atoms with Crippen LogP contribution < -0.4 is 11.1 Å². The Hall–Kier alpha value is -1.80. The number of para-hydroxylation sites is 1. The van der Waals surface area contributed by atoms with E-state index in [0.29, 0.717) is 0 Å². The molecular weight excluding hydrogens is 208 g/mol. The van der Waals surface area contributed by atoms with E-state index in [2.05, 4.69) is 53.8 Å². The number of fused-ring (bicyclic) bond motifs is 1. The summed E-state index contributed by atoms with van der Waals surface area (Å²) in [6.07, 6.45) is 0.933. The van der Waals surface area contributed by atoms with E-state index in [1.54, 1.807) is 0 Å². The monoisotopic (exact) mass is 224 g/mol. The van der Waals surface area contributed by atoms with Gasteiger partial charge in [-0.05, 0) is 23.6 Å². The summed E-state index contributed by atoms with van der Waals surface area (Å²) in [4.78, 5) is 0.